The minimum atomic E-state index is 0.326. The summed E-state index contributed by atoms with van der Waals surface area (Å²) < 4.78 is 0. The number of aromatic nitrogens is 2. The molecule has 0 radical (unpaired) electrons. The Morgan fingerprint density at radius 1 is 1.00 bits per heavy atom. The molecule has 0 atom stereocenters. The van der Waals surface area contributed by atoms with Crippen LogP contribution in [0.25, 0.3) is 10.8 Å². The Labute approximate surface area is 110 Å². The molecule has 2 aromatic heterocycles. The molecule has 1 aromatic carbocycles. The average Bonchev–Trinajstić information content (AvgIpc) is 2.43. The Balaban J connectivity index is 2.03. The van der Waals surface area contributed by atoms with E-state index < -0.39 is 0 Å². The fraction of sp³-hybridized carbons (Fsp3) is 0. The molecular formula is C14H13N5. The summed E-state index contributed by atoms with van der Waals surface area (Å²) in [7, 11) is 0. The summed E-state index contributed by atoms with van der Waals surface area (Å²) >= 11 is 0. The predicted octanol–water partition coefficient (Wildman–Crippen LogP) is 2.54. The van der Waals surface area contributed by atoms with Gasteiger partial charge in [-0.1, -0.05) is 12.1 Å². The number of nitrogen functional groups attached to an aromatic ring is 2. The van der Waals surface area contributed by atoms with Crippen molar-refractivity contribution < 1.29 is 0 Å². The van der Waals surface area contributed by atoms with E-state index in [1.54, 1.807) is 18.3 Å². The number of anilines is 4. The Morgan fingerprint density at radius 2 is 1.89 bits per heavy atom. The van der Waals surface area contributed by atoms with Crippen molar-refractivity contribution in [3.05, 3.63) is 48.8 Å². The van der Waals surface area contributed by atoms with E-state index in [4.69, 9.17) is 11.5 Å². The van der Waals surface area contributed by atoms with Gasteiger partial charge in [0.15, 0.2) is 0 Å². The number of hydrogen-bond acceptors (Lipinski definition) is 5. The number of benzene rings is 1. The van der Waals surface area contributed by atoms with Gasteiger partial charge >= 0.3 is 0 Å². The standard InChI is InChI=1S/C14H13N5/c15-11-4-5-13(19-14(11)16)18-12-3-1-2-9-8-17-7-6-10(9)12/h1-8H,15H2,(H3,16,18,19). The van der Waals surface area contributed by atoms with Gasteiger partial charge in [0.05, 0.1) is 5.69 Å². The van der Waals surface area contributed by atoms with Crippen molar-refractivity contribution in [1.82, 2.24) is 9.97 Å². The summed E-state index contributed by atoms with van der Waals surface area (Å²) in [6, 6.07) is 11.4. The van der Waals surface area contributed by atoms with E-state index in [2.05, 4.69) is 15.3 Å². The van der Waals surface area contributed by atoms with Crippen LogP contribution in [0.1, 0.15) is 0 Å². The summed E-state index contributed by atoms with van der Waals surface area (Å²) in [4.78, 5) is 8.31. The third-order valence-electron chi connectivity index (χ3n) is 2.90. The molecule has 5 heteroatoms. The molecule has 19 heavy (non-hydrogen) atoms. The minimum Gasteiger partial charge on any atom is -0.396 e. The van der Waals surface area contributed by atoms with E-state index in [0.29, 0.717) is 17.3 Å². The number of pyridine rings is 2. The first-order chi connectivity index (χ1) is 9.24. The molecule has 0 unspecified atom stereocenters. The van der Waals surface area contributed by atoms with Crippen LogP contribution in [0, 0.1) is 0 Å². The fourth-order valence-electron chi connectivity index (χ4n) is 1.92. The first kappa shape index (κ1) is 11.3. The summed E-state index contributed by atoms with van der Waals surface area (Å²) in [5.74, 6) is 0.989. The van der Waals surface area contributed by atoms with Crippen molar-refractivity contribution in [3.8, 4) is 0 Å². The van der Waals surface area contributed by atoms with E-state index in [-0.39, 0.29) is 0 Å². The summed E-state index contributed by atoms with van der Waals surface area (Å²) in [5.41, 5.74) is 12.8. The van der Waals surface area contributed by atoms with Crippen LogP contribution in [0.3, 0.4) is 0 Å². The van der Waals surface area contributed by atoms with E-state index >= 15 is 0 Å². The first-order valence-electron chi connectivity index (χ1n) is 5.86. The molecule has 5 N–H and O–H groups in total. The molecule has 3 rings (SSSR count). The Hall–Kier alpha value is -2.82. The monoisotopic (exact) mass is 251 g/mol. The quantitative estimate of drug-likeness (QED) is 0.651. The second-order valence-electron chi connectivity index (χ2n) is 4.20. The summed E-state index contributed by atoms with van der Waals surface area (Å²) in [6.45, 7) is 0. The summed E-state index contributed by atoms with van der Waals surface area (Å²) in [6.07, 6.45) is 3.59. The third-order valence-corrected chi connectivity index (χ3v) is 2.90. The van der Waals surface area contributed by atoms with Gasteiger partial charge in [-0.2, -0.15) is 0 Å². The molecule has 0 aliphatic carbocycles. The van der Waals surface area contributed by atoms with Gasteiger partial charge in [0.1, 0.15) is 11.6 Å². The molecule has 5 nitrogen and oxygen atoms in total. The Morgan fingerprint density at radius 3 is 2.74 bits per heavy atom. The Bertz CT molecular complexity index is 733. The van der Waals surface area contributed by atoms with Gasteiger partial charge in [0, 0.05) is 28.9 Å². The molecule has 0 fully saturated rings. The zero-order chi connectivity index (χ0) is 13.2. The van der Waals surface area contributed by atoms with Gasteiger partial charge in [-0.15, -0.1) is 0 Å². The molecule has 0 saturated carbocycles. The van der Waals surface area contributed by atoms with Crippen LogP contribution in [0.4, 0.5) is 23.0 Å². The van der Waals surface area contributed by atoms with Gasteiger partial charge in [-0.25, -0.2) is 4.98 Å². The van der Waals surface area contributed by atoms with E-state index in [9.17, 15) is 0 Å². The molecule has 3 aromatic rings. The smallest absolute Gasteiger partial charge is 0.149 e. The lowest BCUT2D eigenvalue weighted by molar-refractivity contribution is 1.32. The molecule has 2 heterocycles. The number of nitrogens with two attached hydrogens (primary N) is 2. The van der Waals surface area contributed by atoms with Crippen molar-refractivity contribution in [2.75, 3.05) is 16.8 Å². The lowest BCUT2D eigenvalue weighted by atomic mass is 10.1. The van der Waals surface area contributed by atoms with Crippen molar-refractivity contribution in [2.24, 2.45) is 0 Å². The lowest BCUT2D eigenvalue weighted by Gasteiger charge is -2.10. The maximum atomic E-state index is 5.70. The van der Waals surface area contributed by atoms with E-state index in [1.165, 1.54) is 0 Å². The zero-order valence-electron chi connectivity index (χ0n) is 10.2. The number of hydrogen-bond donors (Lipinski definition) is 3. The highest BCUT2D eigenvalue weighted by Crippen LogP contribution is 2.26. The highest BCUT2D eigenvalue weighted by atomic mass is 15.0. The minimum absolute atomic E-state index is 0.326. The Kier molecular flexibility index (Phi) is 2.64. The van der Waals surface area contributed by atoms with Crippen LogP contribution in [-0.4, -0.2) is 9.97 Å². The second-order valence-corrected chi connectivity index (χ2v) is 4.20. The van der Waals surface area contributed by atoms with Crippen molar-refractivity contribution in [3.63, 3.8) is 0 Å². The molecule has 0 amide bonds. The van der Waals surface area contributed by atoms with Crippen LogP contribution in [0.2, 0.25) is 0 Å². The SMILES string of the molecule is Nc1ccc(Nc2cccc3cnccc23)nc1N. The van der Waals surface area contributed by atoms with Crippen molar-refractivity contribution in [1.29, 1.82) is 0 Å². The normalized spacial score (nSPS) is 10.5. The van der Waals surface area contributed by atoms with Crippen LogP contribution in [-0.2, 0) is 0 Å². The zero-order valence-corrected chi connectivity index (χ0v) is 10.2. The highest BCUT2D eigenvalue weighted by Gasteiger charge is 2.03. The maximum Gasteiger partial charge on any atom is 0.149 e. The fourth-order valence-corrected chi connectivity index (χ4v) is 1.92. The molecule has 0 aliphatic heterocycles. The third kappa shape index (κ3) is 2.13. The van der Waals surface area contributed by atoms with E-state index in [1.807, 2.05) is 30.5 Å². The van der Waals surface area contributed by atoms with Crippen LogP contribution >= 0.6 is 0 Å². The molecule has 0 aliphatic rings. The van der Waals surface area contributed by atoms with E-state index in [0.717, 1.165) is 16.5 Å². The van der Waals surface area contributed by atoms with Gasteiger partial charge in [-0.3, -0.25) is 4.98 Å². The lowest BCUT2D eigenvalue weighted by Crippen LogP contribution is -2.01. The molecule has 0 bridgehead atoms. The van der Waals surface area contributed by atoms with Gasteiger partial charge < -0.3 is 16.8 Å². The maximum absolute atomic E-state index is 5.70. The number of rotatable bonds is 2. The van der Waals surface area contributed by atoms with Crippen molar-refractivity contribution >= 4 is 33.8 Å². The number of nitrogens with one attached hydrogen (secondary N) is 1. The average molecular weight is 251 g/mol. The topological polar surface area (TPSA) is 89.8 Å². The number of nitrogens with zero attached hydrogens (tertiary/aromatic N) is 2. The largest absolute Gasteiger partial charge is 0.396 e. The molecule has 94 valence electrons. The van der Waals surface area contributed by atoms with Gasteiger partial charge in [-0.05, 0) is 24.3 Å². The van der Waals surface area contributed by atoms with Crippen molar-refractivity contribution in [2.45, 2.75) is 0 Å². The van der Waals surface area contributed by atoms with Crippen LogP contribution in [0.15, 0.2) is 48.8 Å². The summed E-state index contributed by atoms with van der Waals surface area (Å²) in [5, 5.41) is 5.38. The molecular weight excluding hydrogens is 238 g/mol. The number of fused-ring (bicyclic) bond motifs is 1. The van der Waals surface area contributed by atoms with Gasteiger partial charge in [0.2, 0.25) is 0 Å². The molecule has 0 saturated heterocycles. The van der Waals surface area contributed by atoms with Crippen LogP contribution in [0.5, 0.6) is 0 Å². The second kappa shape index (κ2) is 4.45. The van der Waals surface area contributed by atoms with Crippen LogP contribution < -0.4 is 16.8 Å². The predicted molar refractivity (Wildman–Crippen MR) is 78.1 cm³/mol. The first-order valence-corrected chi connectivity index (χ1v) is 5.86. The van der Waals surface area contributed by atoms with Gasteiger partial charge in [0.25, 0.3) is 0 Å². The highest BCUT2D eigenvalue weighted by molar-refractivity contribution is 5.94. The molecule has 0 spiro atoms.